The van der Waals surface area contributed by atoms with Crippen LogP contribution >= 0.6 is 11.6 Å². The van der Waals surface area contributed by atoms with Crippen molar-refractivity contribution in [3.05, 3.63) is 91.5 Å². The fraction of sp³-hybridized carbons (Fsp3) is 0.238. The largest absolute Gasteiger partial charge is 0.378 e. The number of hydrogen-bond donors (Lipinski definition) is 0. The van der Waals surface area contributed by atoms with Crippen molar-refractivity contribution in [2.45, 2.75) is 6.54 Å². The number of ether oxygens (including phenoxy) is 1. The van der Waals surface area contributed by atoms with Crippen LogP contribution in [0.25, 0.3) is 5.69 Å². The van der Waals surface area contributed by atoms with Gasteiger partial charge in [0, 0.05) is 18.1 Å². The van der Waals surface area contributed by atoms with E-state index in [0.717, 1.165) is 9.25 Å². The number of rotatable bonds is 4. The smallest absolute Gasteiger partial charge is 0.352 e. The summed E-state index contributed by atoms with van der Waals surface area (Å²) in [4.78, 5) is 40.7. The molecule has 0 atom stereocenters. The van der Waals surface area contributed by atoms with Gasteiger partial charge in [-0.3, -0.25) is 14.2 Å². The Labute approximate surface area is 181 Å². The van der Waals surface area contributed by atoms with Gasteiger partial charge in [-0.05, 0) is 42.0 Å². The molecule has 0 aliphatic carbocycles. The van der Waals surface area contributed by atoms with E-state index >= 15 is 0 Å². The Balaban J connectivity index is 1.87. The van der Waals surface area contributed by atoms with Gasteiger partial charge in [-0.15, -0.1) is 0 Å². The topological polar surface area (TPSA) is 86.4 Å². The van der Waals surface area contributed by atoms with Gasteiger partial charge < -0.3 is 9.64 Å². The van der Waals surface area contributed by atoms with Crippen LogP contribution < -0.4 is 11.2 Å². The fourth-order valence-electron chi connectivity index (χ4n) is 3.27. The maximum atomic E-state index is 13.6. The second kappa shape index (κ2) is 8.83. The molecule has 31 heavy (non-hydrogen) atoms. The summed E-state index contributed by atoms with van der Waals surface area (Å²) in [6.45, 7) is 1.10. The molecule has 160 valence electrons. The highest BCUT2D eigenvalue weighted by atomic mass is 35.5. The van der Waals surface area contributed by atoms with Gasteiger partial charge in [-0.2, -0.15) is 9.78 Å². The number of aromatic nitrogens is 3. The standard InChI is InChI=1S/C21H18ClFN4O4/c22-15-4-6-17(7-5-15)27-21(30)26(13-14-2-1-3-16(23)12-14)20(29)18(24-27)19(28)25-8-10-31-11-9-25/h1-7,12H,8-11,13H2. The molecule has 2 heterocycles. The fourth-order valence-corrected chi connectivity index (χ4v) is 3.40. The molecule has 0 N–H and O–H groups in total. The number of amides is 1. The quantitative estimate of drug-likeness (QED) is 0.611. The highest BCUT2D eigenvalue weighted by Gasteiger charge is 2.26. The molecule has 2 aromatic carbocycles. The molecular weight excluding hydrogens is 427 g/mol. The Morgan fingerprint density at radius 2 is 1.81 bits per heavy atom. The first-order chi connectivity index (χ1) is 14.9. The van der Waals surface area contributed by atoms with Crippen LogP contribution in [-0.2, 0) is 11.3 Å². The molecule has 1 fully saturated rings. The lowest BCUT2D eigenvalue weighted by atomic mass is 10.2. The van der Waals surface area contributed by atoms with Gasteiger partial charge in [0.15, 0.2) is 0 Å². The molecule has 1 aliphatic rings. The van der Waals surface area contributed by atoms with Gasteiger partial charge in [0.25, 0.3) is 11.5 Å². The summed E-state index contributed by atoms with van der Waals surface area (Å²) in [6.07, 6.45) is 0. The van der Waals surface area contributed by atoms with Gasteiger partial charge in [-0.25, -0.2) is 9.18 Å². The Hall–Kier alpha value is -3.30. The number of carbonyl (C=O) groups excluding carboxylic acids is 1. The molecule has 1 amide bonds. The first-order valence-corrected chi connectivity index (χ1v) is 9.93. The molecule has 10 heteroatoms. The summed E-state index contributed by atoms with van der Waals surface area (Å²) in [5, 5.41) is 4.54. The first kappa shape index (κ1) is 21.0. The lowest BCUT2D eigenvalue weighted by Crippen LogP contribution is -2.48. The Bertz CT molecular complexity index is 1230. The average molecular weight is 445 g/mol. The lowest BCUT2D eigenvalue weighted by molar-refractivity contribution is 0.0295. The summed E-state index contributed by atoms with van der Waals surface area (Å²) in [7, 11) is 0. The van der Waals surface area contributed by atoms with E-state index in [4.69, 9.17) is 16.3 Å². The number of carbonyl (C=O) groups is 1. The zero-order chi connectivity index (χ0) is 22.0. The van der Waals surface area contributed by atoms with Crippen LogP contribution in [-0.4, -0.2) is 51.5 Å². The number of hydrogen-bond acceptors (Lipinski definition) is 5. The molecule has 3 aromatic rings. The normalized spacial score (nSPS) is 13.9. The minimum atomic E-state index is -0.837. The van der Waals surface area contributed by atoms with Crippen molar-refractivity contribution < 1.29 is 13.9 Å². The number of halogens is 2. The van der Waals surface area contributed by atoms with Crippen molar-refractivity contribution in [2.75, 3.05) is 26.3 Å². The average Bonchev–Trinajstić information content (AvgIpc) is 2.78. The van der Waals surface area contributed by atoms with Crippen LogP contribution in [0.4, 0.5) is 4.39 Å². The maximum Gasteiger partial charge on any atom is 0.352 e. The van der Waals surface area contributed by atoms with Crippen molar-refractivity contribution in [2.24, 2.45) is 0 Å². The van der Waals surface area contributed by atoms with Gasteiger partial charge in [0.05, 0.1) is 25.4 Å². The lowest BCUT2D eigenvalue weighted by Gasteiger charge is -2.26. The molecule has 8 nitrogen and oxygen atoms in total. The van der Waals surface area contributed by atoms with E-state index in [0.29, 0.717) is 42.6 Å². The Morgan fingerprint density at radius 1 is 1.10 bits per heavy atom. The van der Waals surface area contributed by atoms with Crippen LogP contribution in [0.1, 0.15) is 16.1 Å². The second-order valence-electron chi connectivity index (χ2n) is 6.95. The van der Waals surface area contributed by atoms with Crippen molar-refractivity contribution in [3.63, 3.8) is 0 Å². The highest BCUT2D eigenvalue weighted by Crippen LogP contribution is 2.12. The zero-order valence-electron chi connectivity index (χ0n) is 16.3. The molecule has 0 radical (unpaired) electrons. The van der Waals surface area contributed by atoms with E-state index in [-0.39, 0.29) is 6.54 Å². The molecule has 1 aliphatic heterocycles. The summed E-state index contributed by atoms with van der Waals surface area (Å²) < 4.78 is 20.7. The van der Waals surface area contributed by atoms with Gasteiger partial charge >= 0.3 is 5.69 Å². The van der Waals surface area contributed by atoms with Crippen LogP contribution in [0.2, 0.25) is 5.02 Å². The summed E-state index contributed by atoms with van der Waals surface area (Å²) in [5.41, 5.74) is -1.25. The predicted molar refractivity (Wildman–Crippen MR) is 111 cm³/mol. The van der Waals surface area contributed by atoms with Gasteiger partial charge in [-0.1, -0.05) is 23.7 Å². The van der Waals surface area contributed by atoms with Gasteiger partial charge in [0.1, 0.15) is 5.82 Å². The van der Waals surface area contributed by atoms with Crippen molar-refractivity contribution >= 4 is 17.5 Å². The third kappa shape index (κ3) is 4.42. The van der Waals surface area contributed by atoms with E-state index in [9.17, 15) is 18.8 Å². The van der Waals surface area contributed by atoms with Crippen LogP contribution in [0.3, 0.4) is 0 Å². The molecule has 4 rings (SSSR count). The molecular formula is C21H18ClFN4O4. The molecule has 0 saturated carbocycles. The number of morpholine rings is 1. The first-order valence-electron chi connectivity index (χ1n) is 9.55. The number of benzene rings is 2. The van der Waals surface area contributed by atoms with E-state index in [2.05, 4.69) is 5.10 Å². The second-order valence-corrected chi connectivity index (χ2v) is 7.38. The monoisotopic (exact) mass is 444 g/mol. The SMILES string of the molecule is O=C(c1nn(-c2ccc(Cl)cc2)c(=O)n(Cc2cccc(F)c2)c1=O)N1CCOCC1. The van der Waals surface area contributed by atoms with Crippen molar-refractivity contribution in [1.29, 1.82) is 0 Å². The molecule has 0 bridgehead atoms. The Morgan fingerprint density at radius 3 is 2.48 bits per heavy atom. The Kier molecular flexibility index (Phi) is 5.97. The maximum absolute atomic E-state index is 13.6. The van der Waals surface area contributed by atoms with E-state index < -0.39 is 28.7 Å². The third-order valence-electron chi connectivity index (χ3n) is 4.86. The third-order valence-corrected chi connectivity index (χ3v) is 5.11. The summed E-state index contributed by atoms with van der Waals surface area (Å²) in [5.74, 6) is -1.09. The molecule has 0 spiro atoms. The minimum Gasteiger partial charge on any atom is -0.378 e. The summed E-state index contributed by atoms with van der Waals surface area (Å²) in [6, 6.07) is 11.8. The van der Waals surface area contributed by atoms with E-state index in [1.165, 1.54) is 23.1 Å². The predicted octanol–water partition coefficient (Wildman–Crippen LogP) is 1.71. The molecule has 1 aromatic heterocycles. The van der Waals surface area contributed by atoms with Crippen LogP contribution in [0, 0.1) is 5.82 Å². The van der Waals surface area contributed by atoms with Crippen molar-refractivity contribution in [1.82, 2.24) is 19.2 Å². The van der Waals surface area contributed by atoms with E-state index in [1.54, 1.807) is 30.3 Å². The minimum absolute atomic E-state index is 0.213. The molecule has 1 saturated heterocycles. The summed E-state index contributed by atoms with van der Waals surface area (Å²) >= 11 is 5.93. The van der Waals surface area contributed by atoms with E-state index in [1.807, 2.05) is 0 Å². The molecule has 0 unspecified atom stereocenters. The van der Waals surface area contributed by atoms with Crippen LogP contribution in [0.15, 0.2) is 58.1 Å². The number of nitrogens with zero attached hydrogens (tertiary/aromatic N) is 4. The highest BCUT2D eigenvalue weighted by molar-refractivity contribution is 6.30. The van der Waals surface area contributed by atoms with Crippen LogP contribution in [0.5, 0.6) is 0 Å². The van der Waals surface area contributed by atoms with Gasteiger partial charge in [0.2, 0.25) is 5.69 Å². The van der Waals surface area contributed by atoms with Crippen molar-refractivity contribution in [3.8, 4) is 5.69 Å². The zero-order valence-corrected chi connectivity index (χ0v) is 17.1.